The van der Waals surface area contributed by atoms with Crippen LogP contribution in [-0.2, 0) is 28.8 Å². The second-order valence-electron chi connectivity index (χ2n) is 14.8. The third kappa shape index (κ3) is 8.95. The van der Waals surface area contributed by atoms with E-state index in [2.05, 4.69) is 15.8 Å². The van der Waals surface area contributed by atoms with Gasteiger partial charge in [-0.15, -0.1) is 0 Å². The first-order valence-electron chi connectivity index (χ1n) is 17.4. The standard InChI is InChI=1S/C36H52ClN5O6/c1-7-13-26(30(44)33(46)41(6)8-2)38-32(45)28-21-36(20-27(40-48-36)24-16-12-17-25(37)19-24)22-42(28)34(47)31(35(3,4)5)39-29(43)18-23-14-10-9-11-15-23/h12,16-17,19,23,26,28,31H,7-11,13-15,18,20-22H2,1-6H3,(H,38,45)(H,39,43)/t26-,28-,31+,36+/m0/s1. The van der Waals surface area contributed by atoms with Crippen LogP contribution in [0.3, 0.4) is 0 Å². The number of ketones is 1. The van der Waals surface area contributed by atoms with E-state index in [-0.39, 0.29) is 25.3 Å². The predicted molar refractivity (Wildman–Crippen MR) is 184 cm³/mol. The number of amides is 4. The van der Waals surface area contributed by atoms with Crippen LogP contribution >= 0.6 is 11.6 Å². The summed E-state index contributed by atoms with van der Waals surface area (Å²) >= 11 is 6.24. The lowest BCUT2D eigenvalue weighted by molar-refractivity contribution is -0.147. The third-order valence-electron chi connectivity index (χ3n) is 9.84. The minimum Gasteiger partial charge on any atom is -0.387 e. The largest absolute Gasteiger partial charge is 0.387 e. The van der Waals surface area contributed by atoms with E-state index in [4.69, 9.17) is 16.4 Å². The molecule has 1 aromatic carbocycles. The van der Waals surface area contributed by atoms with Crippen molar-refractivity contribution in [2.45, 2.75) is 123 Å². The first-order chi connectivity index (χ1) is 22.7. The van der Waals surface area contributed by atoms with Crippen LogP contribution in [0.1, 0.15) is 104 Å². The number of hydrogen-bond donors (Lipinski definition) is 2. The molecule has 1 spiro atoms. The van der Waals surface area contributed by atoms with Gasteiger partial charge in [0.2, 0.25) is 23.5 Å². The van der Waals surface area contributed by atoms with Gasteiger partial charge in [-0.25, -0.2) is 0 Å². The average Bonchev–Trinajstić information content (AvgIpc) is 3.65. The SMILES string of the molecule is CCC[C@H](NC(=O)[C@@H]1C[C@]2(CC(c3cccc(Cl)c3)=NO2)CN1C(=O)[C@@H](NC(=O)CC1CCCCC1)C(C)(C)C)C(=O)C(=O)N(C)CC. The molecule has 11 nitrogen and oxygen atoms in total. The molecule has 0 bridgehead atoms. The maximum atomic E-state index is 14.5. The minimum atomic E-state index is -1.05. The molecule has 12 heteroatoms. The van der Waals surface area contributed by atoms with Crippen LogP contribution < -0.4 is 10.6 Å². The molecule has 2 fully saturated rings. The first kappa shape index (κ1) is 37.4. The molecule has 3 aliphatic rings. The summed E-state index contributed by atoms with van der Waals surface area (Å²) in [5, 5.41) is 10.7. The zero-order valence-electron chi connectivity index (χ0n) is 29.3. The Kier molecular flexibility index (Phi) is 12.3. The van der Waals surface area contributed by atoms with E-state index in [1.165, 1.54) is 23.3 Å². The van der Waals surface area contributed by atoms with E-state index in [1.54, 1.807) is 19.1 Å². The zero-order chi connectivity index (χ0) is 35.2. The summed E-state index contributed by atoms with van der Waals surface area (Å²) in [6, 6.07) is 4.25. The van der Waals surface area contributed by atoms with Crippen molar-refractivity contribution in [1.29, 1.82) is 0 Å². The number of halogens is 1. The van der Waals surface area contributed by atoms with Crippen LogP contribution in [0, 0.1) is 11.3 Å². The molecular formula is C36H52ClN5O6. The van der Waals surface area contributed by atoms with Gasteiger partial charge in [-0.1, -0.05) is 82.3 Å². The Labute approximate surface area is 289 Å². The highest BCUT2D eigenvalue weighted by atomic mass is 35.5. The summed E-state index contributed by atoms with van der Waals surface area (Å²) in [6.07, 6.45) is 7.00. The van der Waals surface area contributed by atoms with Gasteiger partial charge in [0.25, 0.3) is 5.91 Å². The second kappa shape index (κ2) is 15.8. The number of oxime groups is 1. The fraction of sp³-hybridized carbons (Fsp3) is 0.667. The van der Waals surface area contributed by atoms with E-state index >= 15 is 0 Å². The van der Waals surface area contributed by atoms with Gasteiger partial charge in [0.1, 0.15) is 12.1 Å². The Morgan fingerprint density at radius 2 is 1.81 bits per heavy atom. The summed E-state index contributed by atoms with van der Waals surface area (Å²) in [5.41, 5.74) is -0.259. The number of likely N-dealkylation sites (tertiary alicyclic amines) is 1. The number of hydrogen-bond acceptors (Lipinski definition) is 7. The summed E-state index contributed by atoms with van der Waals surface area (Å²) in [7, 11) is 1.54. The lowest BCUT2D eigenvalue weighted by atomic mass is 9.84. The summed E-state index contributed by atoms with van der Waals surface area (Å²) < 4.78 is 0. The van der Waals surface area contributed by atoms with Crippen molar-refractivity contribution in [2.75, 3.05) is 20.1 Å². The van der Waals surface area contributed by atoms with Gasteiger partial charge in [-0.2, -0.15) is 0 Å². The summed E-state index contributed by atoms with van der Waals surface area (Å²) in [5.74, 6) is -2.23. The van der Waals surface area contributed by atoms with Crippen molar-refractivity contribution in [3.8, 4) is 0 Å². The third-order valence-corrected chi connectivity index (χ3v) is 10.1. The van der Waals surface area contributed by atoms with Crippen molar-refractivity contribution in [3.63, 3.8) is 0 Å². The Balaban J connectivity index is 1.61. The maximum absolute atomic E-state index is 14.5. The van der Waals surface area contributed by atoms with Crippen LogP contribution in [0.25, 0.3) is 0 Å². The molecule has 4 atom stereocenters. The van der Waals surface area contributed by atoms with Gasteiger partial charge in [0.05, 0.1) is 18.3 Å². The minimum absolute atomic E-state index is 0.0481. The summed E-state index contributed by atoms with van der Waals surface area (Å²) in [6.45, 7) is 9.68. The molecule has 4 rings (SSSR count). The van der Waals surface area contributed by atoms with Gasteiger partial charge in [0.15, 0.2) is 5.60 Å². The Morgan fingerprint density at radius 1 is 1.10 bits per heavy atom. The molecule has 1 saturated heterocycles. The van der Waals surface area contributed by atoms with Gasteiger partial charge in [-0.3, -0.25) is 24.0 Å². The Hall–Kier alpha value is -3.47. The summed E-state index contributed by atoms with van der Waals surface area (Å²) in [4.78, 5) is 76.8. The predicted octanol–water partition coefficient (Wildman–Crippen LogP) is 4.64. The fourth-order valence-corrected chi connectivity index (χ4v) is 7.14. The monoisotopic (exact) mass is 685 g/mol. The Morgan fingerprint density at radius 3 is 2.44 bits per heavy atom. The van der Waals surface area contributed by atoms with E-state index in [0.29, 0.717) is 42.5 Å². The zero-order valence-corrected chi connectivity index (χ0v) is 30.0. The quantitative estimate of drug-likeness (QED) is 0.308. The van der Waals surface area contributed by atoms with Gasteiger partial charge >= 0.3 is 0 Å². The van der Waals surface area contributed by atoms with Crippen molar-refractivity contribution >= 4 is 46.7 Å². The lowest BCUT2D eigenvalue weighted by Gasteiger charge is -2.36. The molecular weight excluding hydrogens is 634 g/mol. The van der Waals surface area contributed by atoms with Gasteiger partial charge in [0, 0.05) is 43.4 Å². The van der Waals surface area contributed by atoms with Crippen molar-refractivity contribution in [1.82, 2.24) is 20.4 Å². The number of rotatable bonds is 12. The molecule has 0 aromatic heterocycles. The highest BCUT2D eigenvalue weighted by Crippen LogP contribution is 2.40. The van der Waals surface area contributed by atoms with E-state index in [0.717, 1.165) is 31.2 Å². The highest BCUT2D eigenvalue weighted by molar-refractivity contribution is 6.38. The van der Waals surface area contributed by atoms with Crippen molar-refractivity contribution < 1.29 is 28.8 Å². The number of likely N-dealkylation sites (N-methyl/N-ethyl adjacent to an activating group) is 1. The molecule has 2 N–H and O–H groups in total. The van der Waals surface area contributed by atoms with Crippen LogP contribution in [0.5, 0.6) is 0 Å². The van der Waals surface area contributed by atoms with Crippen LogP contribution in [0.15, 0.2) is 29.4 Å². The fourth-order valence-electron chi connectivity index (χ4n) is 6.95. The maximum Gasteiger partial charge on any atom is 0.291 e. The van der Waals surface area contributed by atoms with Crippen molar-refractivity contribution in [3.05, 3.63) is 34.9 Å². The molecule has 1 aromatic rings. The molecule has 1 aliphatic carbocycles. The molecule has 2 heterocycles. The van der Waals surface area contributed by atoms with E-state index < -0.39 is 52.6 Å². The smallest absolute Gasteiger partial charge is 0.291 e. The second-order valence-corrected chi connectivity index (χ2v) is 15.2. The van der Waals surface area contributed by atoms with Crippen LogP contribution in [0.4, 0.5) is 0 Å². The average molecular weight is 686 g/mol. The van der Waals surface area contributed by atoms with E-state index in [9.17, 15) is 24.0 Å². The Bertz CT molecular complexity index is 1400. The normalized spacial score (nSPS) is 22.4. The molecule has 48 heavy (non-hydrogen) atoms. The molecule has 264 valence electrons. The topological polar surface area (TPSA) is 137 Å². The number of benzene rings is 1. The molecule has 4 amide bonds. The molecule has 0 radical (unpaired) electrons. The number of Topliss-reactive ketones (excluding diaryl/α,β-unsaturated/α-hetero) is 1. The number of nitrogens with zero attached hydrogens (tertiary/aromatic N) is 3. The molecule has 0 unspecified atom stereocenters. The lowest BCUT2D eigenvalue weighted by Crippen LogP contribution is -2.59. The van der Waals surface area contributed by atoms with Crippen LogP contribution in [0.2, 0.25) is 5.02 Å². The molecule has 1 saturated carbocycles. The van der Waals surface area contributed by atoms with Gasteiger partial charge < -0.3 is 25.3 Å². The van der Waals surface area contributed by atoms with E-state index in [1.807, 2.05) is 39.8 Å². The highest BCUT2D eigenvalue weighted by Gasteiger charge is 2.55. The van der Waals surface area contributed by atoms with Gasteiger partial charge in [-0.05, 0) is 49.7 Å². The van der Waals surface area contributed by atoms with Crippen molar-refractivity contribution in [2.24, 2.45) is 16.5 Å². The number of carbonyl (C=O) groups is 5. The van der Waals surface area contributed by atoms with Crippen LogP contribution in [-0.4, -0.2) is 88.8 Å². The number of nitrogens with one attached hydrogen (secondary N) is 2. The molecule has 2 aliphatic heterocycles. The number of carbonyl (C=O) groups excluding carboxylic acids is 5. The first-order valence-corrected chi connectivity index (χ1v) is 17.8.